The van der Waals surface area contributed by atoms with Gasteiger partial charge in [-0.2, -0.15) is 0 Å². The molecule has 28 heavy (non-hydrogen) atoms. The Balaban J connectivity index is 1.51. The predicted molar refractivity (Wildman–Crippen MR) is 100 cm³/mol. The molecule has 0 bridgehead atoms. The van der Waals surface area contributed by atoms with Crippen LogP contribution in [0.5, 0.6) is 5.75 Å². The Morgan fingerprint density at radius 3 is 2.04 bits per heavy atom. The van der Waals surface area contributed by atoms with Crippen molar-refractivity contribution in [3.05, 3.63) is 66.7 Å². The van der Waals surface area contributed by atoms with Gasteiger partial charge in [-0.15, -0.1) is 0 Å². The normalized spacial score (nSPS) is 17.1. The van der Waals surface area contributed by atoms with Crippen LogP contribution in [0.4, 0.5) is 0 Å². The first-order valence-corrected chi connectivity index (χ1v) is 11.0. The molecule has 1 N–H and O–H groups in total. The van der Waals surface area contributed by atoms with E-state index in [2.05, 4.69) is 0 Å². The summed E-state index contributed by atoms with van der Waals surface area (Å²) in [6.45, 7) is -0.559. The van der Waals surface area contributed by atoms with Crippen LogP contribution in [0.2, 0.25) is 0 Å². The number of fused-ring (bicyclic) bond motifs is 2. The Morgan fingerprint density at radius 2 is 1.39 bits per heavy atom. The fourth-order valence-corrected chi connectivity index (χ4v) is 6.94. The maximum absolute atomic E-state index is 12.4. The third kappa shape index (κ3) is 3.01. The van der Waals surface area contributed by atoms with E-state index < -0.39 is 32.6 Å². The average Bonchev–Trinajstić information content (AvgIpc) is 2.84. The molecule has 0 atom stereocenters. The molecule has 8 nitrogen and oxygen atoms in total. The van der Waals surface area contributed by atoms with Crippen molar-refractivity contribution in [1.82, 2.24) is 9.25 Å². The Hall–Kier alpha value is -2.95. The number of hydrazine groups is 1. The number of hydrogen-bond donors (Lipinski definition) is 1. The number of carbonyl (C=O) groups is 1. The minimum absolute atomic E-state index is 0.0171. The summed E-state index contributed by atoms with van der Waals surface area (Å²) in [5.74, 6) is -0.530. The molecule has 144 valence electrons. The highest BCUT2D eigenvalue weighted by molar-refractivity contribution is 8.06. The number of sulfonamides is 2. The van der Waals surface area contributed by atoms with Gasteiger partial charge in [0.15, 0.2) is 6.61 Å². The molecule has 4 rings (SSSR count). The molecule has 0 aromatic heterocycles. The van der Waals surface area contributed by atoms with E-state index in [1.807, 2.05) is 35.8 Å². The van der Waals surface area contributed by atoms with Crippen LogP contribution in [-0.4, -0.2) is 33.2 Å². The first-order chi connectivity index (χ1) is 13.3. The van der Waals surface area contributed by atoms with Crippen molar-refractivity contribution in [2.75, 3.05) is 6.61 Å². The van der Waals surface area contributed by atoms with E-state index in [0.717, 1.165) is 10.8 Å². The lowest BCUT2D eigenvalue weighted by atomic mass is 10.1. The van der Waals surface area contributed by atoms with Crippen molar-refractivity contribution >= 4 is 36.7 Å². The van der Waals surface area contributed by atoms with Gasteiger partial charge in [0, 0.05) is 3.82 Å². The summed E-state index contributed by atoms with van der Waals surface area (Å²) in [6, 6.07) is 17.9. The quantitative estimate of drug-likeness (QED) is 0.690. The predicted octanol–water partition coefficient (Wildman–Crippen LogP) is 1.64. The first-order valence-electron chi connectivity index (χ1n) is 8.11. The lowest BCUT2D eigenvalue weighted by Gasteiger charge is -2.15. The topological polar surface area (TPSA) is 110 Å². The fourth-order valence-electron chi connectivity index (χ4n) is 2.84. The molecule has 0 radical (unpaired) electrons. The minimum atomic E-state index is -4.40. The van der Waals surface area contributed by atoms with E-state index in [0.29, 0.717) is 5.75 Å². The molecule has 0 spiro atoms. The van der Waals surface area contributed by atoms with Crippen LogP contribution in [-0.2, 0) is 24.8 Å². The van der Waals surface area contributed by atoms with E-state index in [-0.39, 0.29) is 13.6 Å². The average molecular weight is 418 g/mol. The van der Waals surface area contributed by atoms with Crippen molar-refractivity contribution in [3.8, 4) is 5.75 Å². The first kappa shape index (κ1) is 18.4. The molecule has 0 unspecified atom stereocenters. The second kappa shape index (κ2) is 6.59. The summed E-state index contributed by atoms with van der Waals surface area (Å²) in [4.78, 5) is 11.4. The molecule has 1 heterocycles. The molecule has 0 fully saturated rings. The van der Waals surface area contributed by atoms with E-state index >= 15 is 0 Å². The smallest absolute Gasteiger partial charge is 0.275 e. The van der Waals surface area contributed by atoms with Crippen LogP contribution in [0.1, 0.15) is 0 Å². The van der Waals surface area contributed by atoms with Gasteiger partial charge in [0.2, 0.25) is 0 Å². The van der Waals surface area contributed by atoms with Crippen molar-refractivity contribution in [3.63, 3.8) is 0 Å². The maximum atomic E-state index is 12.4. The molecule has 3 aromatic carbocycles. The van der Waals surface area contributed by atoms with Gasteiger partial charge in [-0.25, -0.2) is 16.8 Å². The zero-order chi connectivity index (χ0) is 19.9. The second-order valence-corrected chi connectivity index (χ2v) is 9.73. The van der Waals surface area contributed by atoms with Gasteiger partial charge in [-0.05, 0) is 35.0 Å². The van der Waals surface area contributed by atoms with Crippen molar-refractivity contribution in [2.45, 2.75) is 9.79 Å². The zero-order valence-corrected chi connectivity index (χ0v) is 15.9. The third-order valence-corrected chi connectivity index (χ3v) is 8.33. The largest absolute Gasteiger partial charge is 0.484 e. The van der Waals surface area contributed by atoms with Crippen molar-refractivity contribution < 1.29 is 26.4 Å². The monoisotopic (exact) mass is 418 g/mol. The number of rotatable bonds is 4. The Labute approximate surface area is 161 Å². The summed E-state index contributed by atoms with van der Waals surface area (Å²) in [5.41, 5.74) is 1.91. The van der Waals surface area contributed by atoms with Crippen LogP contribution >= 0.6 is 0 Å². The number of ether oxygens (including phenoxy) is 1. The SMILES string of the molecule is O=C(COc1ccc2ccccc2c1)NN1S(=O)(=O)c2ccccc2S1(=O)=O. The summed E-state index contributed by atoms with van der Waals surface area (Å²) in [6.07, 6.45) is 0. The highest BCUT2D eigenvalue weighted by atomic mass is 32.3. The van der Waals surface area contributed by atoms with Gasteiger partial charge in [0.1, 0.15) is 15.5 Å². The number of nitrogens with one attached hydrogen (secondary N) is 1. The lowest BCUT2D eigenvalue weighted by Crippen LogP contribution is -2.47. The molecule has 0 saturated carbocycles. The van der Waals surface area contributed by atoms with Crippen molar-refractivity contribution in [1.29, 1.82) is 0 Å². The zero-order valence-electron chi connectivity index (χ0n) is 14.3. The number of amides is 1. The number of hydrogen-bond acceptors (Lipinski definition) is 6. The van der Waals surface area contributed by atoms with Gasteiger partial charge >= 0.3 is 0 Å². The van der Waals surface area contributed by atoms with Gasteiger partial charge in [0.25, 0.3) is 26.0 Å². The summed E-state index contributed by atoms with van der Waals surface area (Å²) in [5, 5.41) is 1.90. The van der Waals surface area contributed by atoms with Crippen LogP contribution in [0.3, 0.4) is 0 Å². The lowest BCUT2D eigenvalue weighted by molar-refractivity contribution is -0.124. The van der Waals surface area contributed by atoms with Crippen LogP contribution < -0.4 is 10.2 Å². The molecule has 0 saturated heterocycles. The fraction of sp³-hybridized carbons (Fsp3) is 0.0556. The number of benzene rings is 3. The Morgan fingerprint density at radius 1 is 0.821 bits per heavy atom. The highest BCUT2D eigenvalue weighted by Gasteiger charge is 2.48. The maximum Gasteiger partial charge on any atom is 0.275 e. The second-order valence-electron chi connectivity index (χ2n) is 5.99. The molecular weight excluding hydrogens is 404 g/mol. The molecule has 10 heteroatoms. The third-order valence-electron chi connectivity index (χ3n) is 4.15. The number of carbonyl (C=O) groups excluding carboxylic acids is 1. The molecule has 1 aliphatic rings. The number of nitrogens with zero attached hydrogens (tertiary/aromatic N) is 1. The molecule has 1 amide bonds. The van der Waals surface area contributed by atoms with Crippen LogP contribution in [0.25, 0.3) is 10.8 Å². The summed E-state index contributed by atoms with van der Waals surface area (Å²) in [7, 11) is -8.81. The van der Waals surface area contributed by atoms with E-state index in [1.54, 1.807) is 12.1 Å². The van der Waals surface area contributed by atoms with Gasteiger partial charge in [0.05, 0.1) is 0 Å². The molecule has 1 aliphatic heterocycles. The summed E-state index contributed by atoms with van der Waals surface area (Å²) >= 11 is 0. The van der Waals surface area contributed by atoms with Gasteiger partial charge in [-0.1, -0.05) is 42.5 Å². The van der Waals surface area contributed by atoms with Crippen LogP contribution in [0.15, 0.2) is 76.5 Å². The Kier molecular flexibility index (Phi) is 4.33. The van der Waals surface area contributed by atoms with E-state index in [4.69, 9.17) is 4.74 Å². The molecule has 0 aliphatic carbocycles. The molecular formula is C18H14N2O6S2. The van der Waals surface area contributed by atoms with Crippen molar-refractivity contribution in [2.24, 2.45) is 0 Å². The van der Waals surface area contributed by atoms with Gasteiger partial charge in [-0.3, -0.25) is 10.2 Å². The summed E-state index contributed by atoms with van der Waals surface area (Å²) < 4.78 is 55.1. The molecule has 3 aromatic rings. The Bertz CT molecular complexity index is 1250. The van der Waals surface area contributed by atoms with E-state index in [1.165, 1.54) is 24.3 Å². The highest BCUT2D eigenvalue weighted by Crippen LogP contribution is 2.34. The van der Waals surface area contributed by atoms with Gasteiger partial charge < -0.3 is 4.74 Å². The minimum Gasteiger partial charge on any atom is -0.484 e. The standard InChI is InChI=1S/C18H14N2O6S2/c21-18(12-26-15-10-9-13-5-1-2-6-14(13)11-15)19-20-27(22,23)16-7-3-4-8-17(16)28(20,24)25/h1-11H,12H2,(H,19,21). The van der Waals surface area contributed by atoms with Crippen LogP contribution in [0, 0.1) is 0 Å². The van der Waals surface area contributed by atoms with E-state index in [9.17, 15) is 21.6 Å².